The lowest BCUT2D eigenvalue weighted by Gasteiger charge is -2.34. The Kier molecular flexibility index (Phi) is 5.56. The molecule has 0 saturated carbocycles. The third-order valence-corrected chi connectivity index (χ3v) is 5.18. The summed E-state index contributed by atoms with van der Waals surface area (Å²) in [5.74, 6) is 0.474. The summed E-state index contributed by atoms with van der Waals surface area (Å²) in [7, 11) is 4.01. The number of amides is 1. The number of benzene rings is 1. The summed E-state index contributed by atoms with van der Waals surface area (Å²) in [4.78, 5) is 16.7. The molecule has 6 heteroatoms. The summed E-state index contributed by atoms with van der Waals surface area (Å²) in [5, 5.41) is 17.2. The highest BCUT2D eigenvalue weighted by molar-refractivity contribution is 5.93. The summed E-state index contributed by atoms with van der Waals surface area (Å²) in [6.45, 7) is 5.15. The first-order chi connectivity index (χ1) is 12.7. The zero-order valence-corrected chi connectivity index (χ0v) is 16.7. The Bertz CT molecular complexity index is 766. The molecule has 0 unspecified atom stereocenters. The lowest BCUT2D eigenvalue weighted by Crippen LogP contribution is -2.40. The third-order valence-electron chi connectivity index (χ3n) is 5.18. The first kappa shape index (κ1) is 19.4. The molecule has 1 aliphatic heterocycles. The summed E-state index contributed by atoms with van der Waals surface area (Å²) in [6, 6.07) is 9.94. The number of hydrogen-bond donors (Lipinski definition) is 2. The fourth-order valence-electron chi connectivity index (χ4n) is 3.73. The molecule has 1 aliphatic rings. The molecule has 27 heavy (non-hydrogen) atoms. The smallest absolute Gasteiger partial charge is 0.271 e. The minimum absolute atomic E-state index is 0.000343. The summed E-state index contributed by atoms with van der Waals surface area (Å²) in [6.07, 6.45) is 2.65. The number of carbonyl (C=O) groups excluding carboxylic acids is 1. The number of H-pyrrole nitrogens is 1. The summed E-state index contributed by atoms with van der Waals surface area (Å²) in [5.41, 5.74) is 2.78. The minimum atomic E-state index is -0.642. The Morgan fingerprint density at radius 3 is 2.44 bits per heavy atom. The number of likely N-dealkylation sites (tertiary alicyclic amines) is 1. The summed E-state index contributed by atoms with van der Waals surface area (Å²) >= 11 is 0. The van der Waals surface area contributed by atoms with Gasteiger partial charge in [0.15, 0.2) is 0 Å². The molecule has 0 spiro atoms. The van der Waals surface area contributed by atoms with Crippen LogP contribution in [0.4, 0.5) is 5.69 Å². The van der Waals surface area contributed by atoms with Crippen molar-refractivity contribution in [3.63, 3.8) is 0 Å². The standard InChI is InChI=1S/C21H30N4O2/c1-21(2,27)14-15-9-11-25(12-10-15)20(26)19-13-18(22-23-19)16-5-7-17(8-6-16)24(3)4/h5-8,13,15,27H,9-12,14H2,1-4H3,(H,22,23). The fourth-order valence-corrected chi connectivity index (χ4v) is 3.73. The number of carbonyl (C=O) groups is 1. The highest BCUT2D eigenvalue weighted by Crippen LogP contribution is 2.27. The van der Waals surface area contributed by atoms with E-state index in [0.29, 0.717) is 11.6 Å². The van der Waals surface area contributed by atoms with Crippen LogP contribution in [0.25, 0.3) is 11.3 Å². The van der Waals surface area contributed by atoms with Crippen molar-refractivity contribution in [3.8, 4) is 11.3 Å². The van der Waals surface area contributed by atoms with Crippen LogP contribution in [0.5, 0.6) is 0 Å². The van der Waals surface area contributed by atoms with E-state index in [2.05, 4.69) is 10.2 Å². The van der Waals surface area contributed by atoms with Crippen molar-refractivity contribution >= 4 is 11.6 Å². The van der Waals surface area contributed by atoms with Gasteiger partial charge in [-0.1, -0.05) is 12.1 Å². The van der Waals surface area contributed by atoms with Crippen LogP contribution in [0.2, 0.25) is 0 Å². The molecule has 0 atom stereocenters. The minimum Gasteiger partial charge on any atom is -0.390 e. The second-order valence-corrected chi connectivity index (χ2v) is 8.36. The molecule has 0 radical (unpaired) electrons. The van der Waals surface area contributed by atoms with Gasteiger partial charge in [0.2, 0.25) is 0 Å². The molecular weight excluding hydrogens is 340 g/mol. The predicted octanol–water partition coefficient (Wildman–Crippen LogP) is 3.16. The molecule has 6 nitrogen and oxygen atoms in total. The Hall–Kier alpha value is -2.34. The van der Waals surface area contributed by atoms with Crippen LogP contribution >= 0.6 is 0 Å². The van der Waals surface area contributed by atoms with Crippen LogP contribution in [0.15, 0.2) is 30.3 Å². The van der Waals surface area contributed by atoms with E-state index in [1.807, 2.05) is 68.1 Å². The van der Waals surface area contributed by atoms with E-state index in [0.717, 1.165) is 49.3 Å². The van der Waals surface area contributed by atoms with Crippen molar-refractivity contribution in [1.82, 2.24) is 15.1 Å². The van der Waals surface area contributed by atoms with E-state index in [9.17, 15) is 9.90 Å². The number of nitrogens with zero attached hydrogens (tertiary/aromatic N) is 3. The number of anilines is 1. The molecule has 1 fully saturated rings. The van der Waals surface area contributed by atoms with Gasteiger partial charge >= 0.3 is 0 Å². The molecule has 146 valence electrons. The molecule has 3 rings (SSSR count). The monoisotopic (exact) mass is 370 g/mol. The van der Waals surface area contributed by atoms with Crippen molar-refractivity contribution < 1.29 is 9.90 Å². The van der Waals surface area contributed by atoms with Crippen molar-refractivity contribution in [1.29, 1.82) is 0 Å². The van der Waals surface area contributed by atoms with Gasteiger partial charge in [0.25, 0.3) is 5.91 Å². The number of aliphatic hydroxyl groups is 1. The number of hydrogen-bond acceptors (Lipinski definition) is 4. The van der Waals surface area contributed by atoms with E-state index in [-0.39, 0.29) is 5.91 Å². The quantitative estimate of drug-likeness (QED) is 0.848. The van der Waals surface area contributed by atoms with Gasteiger partial charge in [-0.2, -0.15) is 5.10 Å². The molecule has 1 aromatic heterocycles. The van der Waals surface area contributed by atoms with E-state index in [1.54, 1.807) is 0 Å². The number of rotatable bonds is 5. The Morgan fingerprint density at radius 2 is 1.89 bits per heavy atom. The Balaban J connectivity index is 1.62. The summed E-state index contributed by atoms with van der Waals surface area (Å²) < 4.78 is 0. The molecule has 2 N–H and O–H groups in total. The van der Waals surface area contributed by atoms with Crippen LogP contribution < -0.4 is 4.90 Å². The molecule has 2 heterocycles. The van der Waals surface area contributed by atoms with E-state index < -0.39 is 5.60 Å². The molecule has 0 bridgehead atoms. The van der Waals surface area contributed by atoms with Crippen molar-refractivity contribution in [2.75, 3.05) is 32.1 Å². The fraction of sp³-hybridized carbons (Fsp3) is 0.524. The number of nitrogens with one attached hydrogen (secondary N) is 1. The van der Waals surface area contributed by atoms with Crippen LogP contribution in [0.3, 0.4) is 0 Å². The zero-order chi connectivity index (χ0) is 19.6. The normalized spacial score (nSPS) is 15.8. The maximum absolute atomic E-state index is 12.8. The van der Waals surface area contributed by atoms with E-state index in [4.69, 9.17) is 0 Å². The third kappa shape index (κ3) is 4.89. The number of aromatic amines is 1. The van der Waals surface area contributed by atoms with Crippen molar-refractivity contribution in [2.24, 2.45) is 5.92 Å². The lowest BCUT2D eigenvalue weighted by molar-refractivity contribution is 0.0357. The van der Waals surface area contributed by atoms with Gasteiger partial charge < -0.3 is 14.9 Å². The van der Waals surface area contributed by atoms with Crippen LogP contribution in [0, 0.1) is 5.92 Å². The molecule has 1 amide bonds. The maximum atomic E-state index is 12.8. The van der Waals surface area contributed by atoms with Gasteiger partial charge in [0.1, 0.15) is 5.69 Å². The largest absolute Gasteiger partial charge is 0.390 e. The molecular formula is C21H30N4O2. The Morgan fingerprint density at radius 1 is 1.26 bits per heavy atom. The van der Waals surface area contributed by atoms with E-state index >= 15 is 0 Å². The van der Waals surface area contributed by atoms with Crippen LogP contribution in [-0.4, -0.2) is 58.9 Å². The van der Waals surface area contributed by atoms with Gasteiger partial charge in [0, 0.05) is 38.4 Å². The van der Waals surface area contributed by atoms with E-state index in [1.165, 1.54) is 0 Å². The second-order valence-electron chi connectivity index (χ2n) is 8.36. The van der Waals surface area contributed by atoms with Gasteiger partial charge in [-0.05, 0) is 57.2 Å². The van der Waals surface area contributed by atoms with Gasteiger partial charge in [-0.3, -0.25) is 9.89 Å². The SMILES string of the molecule is CN(C)c1ccc(-c2cc(C(=O)N3CCC(CC(C)(C)O)CC3)[nH]n2)cc1. The molecule has 1 aromatic carbocycles. The predicted molar refractivity (Wildman–Crippen MR) is 108 cm³/mol. The second kappa shape index (κ2) is 7.72. The van der Waals surface area contributed by atoms with Gasteiger partial charge in [0.05, 0.1) is 11.3 Å². The van der Waals surface area contributed by atoms with Crippen molar-refractivity contribution in [3.05, 3.63) is 36.0 Å². The molecule has 0 aliphatic carbocycles. The topological polar surface area (TPSA) is 72.5 Å². The van der Waals surface area contributed by atoms with Gasteiger partial charge in [-0.15, -0.1) is 0 Å². The Labute approximate surface area is 161 Å². The maximum Gasteiger partial charge on any atom is 0.271 e. The molecule has 1 saturated heterocycles. The first-order valence-corrected chi connectivity index (χ1v) is 9.58. The highest BCUT2D eigenvalue weighted by atomic mass is 16.3. The lowest BCUT2D eigenvalue weighted by atomic mass is 9.86. The van der Waals surface area contributed by atoms with Crippen LogP contribution in [0.1, 0.15) is 43.6 Å². The first-order valence-electron chi connectivity index (χ1n) is 9.58. The molecule has 2 aromatic rings. The zero-order valence-electron chi connectivity index (χ0n) is 16.7. The average Bonchev–Trinajstić information content (AvgIpc) is 3.10. The number of aromatic nitrogens is 2. The average molecular weight is 370 g/mol. The van der Waals surface area contributed by atoms with Crippen LogP contribution in [-0.2, 0) is 0 Å². The highest BCUT2D eigenvalue weighted by Gasteiger charge is 2.28. The van der Waals surface area contributed by atoms with Gasteiger partial charge in [-0.25, -0.2) is 0 Å². The van der Waals surface area contributed by atoms with Crippen molar-refractivity contribution in [2.45, 2.75) is 38.7 Å². The number of piperidine rings is 1.